The Balaban J connectivity index is 0.000000494. The molecule has 18 heavy (non-hydrogen) atoms. The highest BCUT2D eigenvalue weighted by Gasteiger charge is 2.13. The van der Waals surface area contributed by atoms with E-state index in [1.807, 2.05) is 30.3 Å². The van der Waals surface area contributed by atoms with Gasteiger partial charge in [0.15, 0.2) is 0 Å². The van der Waals surface area contributed by atoms with Gasteiger partial charge in [-0.2, -0.15) is 8.42 Å². The van der Waals surface area contributed by atoms with Crippen molar-refractivity contribution < 1.29 is 22.6 Å². The third-order valence-corrected chi connectivity index (χ3v) is 2.28. The Morgan fingerprint density at radius 3 is 2.06 bits per heavy atom. The maximum Gasteiger partial charge on any atom is 0.394 e. The molecule has 6 nitrogen and oxygen atoms in total. The van der Waals surface area contributed by atoms with Crippen molar-refractivity contribution in [2.24, 2.45) is 5.73 Å². The average Bonchev–Trinajstić information content (AvgIpc) is 2.27. The van der Waals surface area contributed by atoms with Crippen LogP contribution in [-0.2, 0) is 16.8 Å². The molecule has 0 amide bonds. The molecule has 0 radical (unpaired) electrons. The van der Waals surface area contributed by atoms with Crippen molar-refractivity contribution in [3.8, 4) is 0 Å². The maximum atomic E-state index is 9.33. The molecule has 0 bridgehead atoms. The highest BCUT2D eigenvalue weighted by Crippen LogP contribution is 2.05. The van der Waals surface area contributed by atoms with Crippen LogP contribution in [-0.4, -0.2) is 40.7 Å². The van der Waals surface area contributed by atoms with Crippen molar-refractivity contribution in [2.45, 2.75) is 18.6 Å². The van der Waals surface area contributed by atoms with Crippen molar-refractivity contribution in [3.63, 3.8) is 0 Å². The van der Waals surface area contributed by atoms with Crippen LogP contribution in [0.15, 0.2) is 30.3 Å². The lowest BCUT2D eigenvalue weighted by molar-refractivity contribution is 0.166. The number of hydrogen-bond donors (Lipinski definition) is 4. The summed E-state index contributed by atoms with van der Waals surface area (Å²) in [7, 11) is -4.67. The first-order chi connectivity index (χ1) is 8.24. The largest absolute Gasteiger partial charge is 0.394 e. The van der Waals surface area contributed by atoms with Gasteiger partial charge in [0.05, 0.1) is 6.10 Å². The molecule has 5 N–H and O–H groups in total. The summed E-state index contributed by atoms with van der Waals surface area (Å²) in [6, 6.07) is 9.55. The molecule has 0 aliphatic carbocycles. The Morgan fingerprint density at radius 1 is 1.22 bits per heavy atom. The zero-order valence-corrected chi connectivity index (χ0v) is 11.0. The van der Waals surface area contributed by atoms with E-state index in [4.69, 9.17) is 34.9 Å². The Bertz CT molecular complexity index is 417. The normalized spacial score (nSPS) is 14.3. The molecule has 0 saturated carbocycles. The zero-order chi connectivity index (χ0) is 14.2. The van der Waals surface area contributed by atoms with Crippen molar-refractivity contribution in [1.82, 2.24) is 0 Å². The van der Waals surface area contributed by atoms with Gasteiger partial charge in [0.25, 0.3) is 0 Å². The number of halogens is 1. The summed E-state index contributed by atoms with van der Waals surface area (Å²) in [5.41, 5.74) is 6.85. The molecule has 0 saturated heterocycles. The minimum atomic E-state index is -4.67. The molecule has 0 fully saturated rings. The Hall–Kier alpha value is -0.700. The first kappa shape index (κ1) is 17.3. The molecule has 0 aromatic heterocycles. The molecule has 8 heteroatoms. The molecule has 0 spiro atoms. The molecular weight excluding hydrogens is 282 g/mol. The lowest BCUT2D eigenvalue weighted by Gasteiger charge is -2.15. The van der Waals surface area contributed by atoms with E-state index >= 15 is 0 Å². The van der Waals surface area contributed by atoms with Gasteiger partial charge >= 0.3 is 10.4 Å². The Morgan fingerprint density at radius 2 is 1.67 bits per heavy atom. The number of aliphatic hydroxyl groups excluding tert-OH is 1. The number of aliphatic hydroxyl groups is 1. The molecule has 0 aliphatic heterocycles. The number of rotatable bonds is 4. The van der Waals surface area contributed by atoms with E-state index in [2.05, 4.69) is 0 Å². The fraction of sp³-hybridized carbons (Fsp3) is 0.400. The number of nitrogens with two attached hydrogens (primary N) is 1. The third-order valence-electron chi connectivity index (χ3n) is 1.97. The predicted molar refractivity (Wildman–Crippen MR) is 69.0 cm³/mol. The average molecular weight is 298 g/mol. The summed E-state index contributed by atoms with van der Waals surface area (Å²) in [5, 5.41) is 9.33. The topological polar surface area (TPSA) is 121 Å². The van der Waals surface area contributed by atoms with Gasteiger partial charge < -0.3 is 10.8 Å². The van der Waals surface area contributed by atoms with Crippen LogP contribution in [0.1, 0.15) is 5.56 Å². The van der Waals surface area contributed by atoms with E-state index < -0.39 is 16.5 Å². The van der Waals surface area contributed by atoms with E-state index in [0.29, 0.717) is 6.42 Å². The number of benzene rings is 1. The minimum Gasteiger partial charge on any atom is -0.390 e. The fourth-order valence-corrected chi connectivity index (χ4v) is 1.37. The van der Waals surface area contributed by atoms with Gasteiger partial charge in [0.1, 0.15) is 0 Å². The van der Waals surface area contributed by atoms with Crippen LogP contribution < -0.4 is 5.73 Å². The van der Waals surface area contributed by atoms with Crippen LogP contribution in [0.2, 0.25) is 0 Å². The summed E-state index contributed by atoms with van der Waals surface area (Å²) in [6.45, 7) is 0. The molecule has 1 rings (SSSR count). The lowest BCUT2D eigenvalue weighted by Crippen LogP contribution is -2.37. The number of hydrogen-bond acceptors (Lipinski definition) is 4. The molecule has 1 aromatic carbocycles. The van der Waals surface area contributed by atoms with Gasteiger partial charge in [-0.15, -0.1) is 11.6 Å². The maximum absolute atomic E-state index is 9.33. The Kier molecular flexibility index (Phi) is 8.08. The second kappa shape index (κ2) is 8.41. The van der Waals surface area contributed by atoms with Crippen LogP contribution in [0.25, 0.3) is 0 Å². The van der Waals surface area contributed by atoms with Crippen molar-refractivity contribution >= 4 is 22.0 Å². The van der Waals surface area contributed by atoms with Crippen LogP contribution in [0, 0.1) is 0 Å². The lowest BCUT2D eigenvalue weighted by atomic mass is 10.0. The third kappa shape index (κ3) is 10.5. The van der Waals surface area contributed by atoms with E-state index in [0.717, 1.165) is 5.56 Å². The van der Waals surface area contributed by atoms with Crippen molar-refractivity contribution in [1.29, 1.82) is 0 Å². The summed E-state index contributed by atoms with van der Waals surface area (Å²) >= 11 is 5.48. The van der Waals surface area contributed by atoms with Gasteiger partial charge in [-0.05, 0) is 12.0 Å². The second-order valence-electron chi connectivity index (χ2n) is 3.52. The fourth-order valence-electron chi connectivity index (χ4n) is 1.14. The molecule has 1 aromatic rings. The molecule has 2 atom stereocenters. The van der Waals surface area contributed by atoms with Gasteiger partial charge in [-0.25, -0.2) is 0 Å². The SMILES string of the molecule is N[C@H](Cc1ccccc1)[C@H](O)CCl.O=S(=O)(O)O. The minimum absolute atomic E-state index is 0.188. The van der Waals surface area contributed by atoms with Crippen molar-refractivity contribution in [3.05, 3.63) is 35.9 Å². The van der Waals surface area contributed by atoms with Crippen molar-refractivity contribution in [2.75, 3.05) is 5.88 Å². The van der Waals surface area contributed by atoms with Crippen LogP contribution in [0.4, 0.5) is 0 Å². The quantitative estimate of drug-likeness (QED) is 0.474. The van der Waals surface area contributed by atoms with Crippen LogP contribution in [0.3, 0.4) is 0 Å². The van der Waals surface area contributed by atoms with Gasteiger partial charge in [-0.1, -0.05) is 30.3 Å². The molecule has 104 valence electrons. The van der Waals surface area contributed by atoms with Gasteiger partial charge in [-0.3, -0.25) is 9.11 Å². The first-order valence-corrected chi connectivity index (χ1v) is 6.90. The molecule has 0 heterocycles. The van der Waals surface area contributed by atoms with Crippen LogP contribution in [0.5, 0.6) is 0 Å². The van der Waals surface area contributed by atoms with E-state index in [1.165, 1.54) is 0 Å². The zero-order valence-electron chi connectivity index (χ0n) is 9.48. The van der Waals surface area contributed by atoms with Gasteiger partial charge in [0.2, 0.25) is 0 Å². The molecule has 0 aliphatic rings. The summed E-state index contributed by atoms with van der Waals surface area (Å²) in [6.07, 6.45) is 0.0382. The standard InChI is InChI=1S/C10H14ClNO.H2O4S/c11-7-10(13)9(12)6-8-4-2-1-3-5-8;1-5(2,3)4/h1-5,9-10,13H,6-7,12H2;(H2,1,2,3,4)/t9-,10-;/m1./s1. The Labute approximate surface area is 111 Å². The van der Waals surface area contributed by atoms with Crippen LogP contribution >= 0.6 is 11.6 Å². The smallest absolute Gasteiger partial charge is 0.390 e. The highest BCUT2D eigenvalue weighted by molar-refractivity contribution is 7.79. The van der Waals surface area contributed by atoms with E-state index in [-0.39, 0.29) is 11.9 Å². The van der Waals surface area contributed by atoms with E-state index in [9.17, 15) is 5.11 Å². The van der Waals surface area contributed by atoms with Gasteiger partial charge in [0, 0.05) is 11.9 Å². The predicted octanol–water partition coefficient (Wildman–Crippen LogP) is 0.503. The summed E-state index contributed by atoms with van der Waals surface area (Å²) in [4.78, 5) is 0. The second-order valence-corrected chi connectivity index (χ2v) is 4.73. The molecule has 0 unspecified atom stereocenters. The summed E-state index contributed by atoms with van der Waals surface area (Å²) < 4.78 is 31.6. The first-order valence-electron chi connectivity index (χ1n) is 4.97. The monoisotopic (exact) mass is 297 g/mol. The highest BCUT2D eigenvalue weighted by atomic mass is 35.5. The molecular formula is C10H16ClNO5S. The summed E-state index contributed by atoms with van der Waals surface area (Å²) in [5.74, 6) is 0.188. The number of alkyl halides is 1. The van der Waals surface area contributed by atoms with E-state index in [1.54, 1.807) is 0 Å².